The highest BCUT2D eigenvalue weighted by Crippen LogP contribution is 2.29. The third-order valence-corrected chi connectivity index (χ3v) is 3.59. The molecule has 2 aromatic carbocycles. The van der Waals surface area contributed by atoms with Crippen LogP contribution in [0.1, 0.15) is 10.4 Å². The molecule has 4 heteroatoms. The van der Waals surface area contributed by atoms with Crippen LogP contribution >= 0.6 is 0 Å². The maximum Gasteiger partial charge on any atom is 0.253 e. The predicted octanol–water partition coefficient (Wildman–Crippen LogP) is 2.65. The Morgan fingerprint density at radius 3 is 2.45 bits per heavy atom. The van der Waals surface area contributed by atoms with Crippen LogP contribution in [-0.2, 0) is 0 Å². The van der Waals surface area contributed by atoms with Crippen molar-refractivity contribution in [1.82, 2.24) is 10.2 Å². The minimum atomic E-state index is 0.0295. The van der Waals surface area contributed by atoms with Crippen molar-refractivity contribution in [3.05, 3.63) is 54.1 Å². The van der Waals surface area contributed by atoms with Gasteiger partial charge in [0.05, 0.1) is 7.11 Å². The van der Waals surface area contributed by atoms with Gasteiger partial charge in [-0.05, 0) is 30.8 Å². The summed E-state index contributed by atoms with van der Waals surface area (Å²) in [5.41, 5.74) is 2.75. The SMILES string of the molecule is CNCCN(C)C(=O)c1ccc(-c2ccccc2OC)cc1. The molecular formula is C18H22N2O2. The van der Waals surface area contributed by atoms with Crippen molar-refractivity contribution < 1.29 is 9.53 Å². The standard InChI is InChI=1S/C18H22N2O2/c1-19-12-13-20(2)18(21)15-10-8-14(9-11-15)16-6-4-5-7-17(16)22-3/h4-11,19H,12-13H2,1-3H3. The number of rotatable bonds is 6. The molecule has 0 spiro atoms. The van der Waals surface area contributed by atoms with Crippen molar-refractivity contribution in [3.63, 3.8) is 0 Å². The second-order valence-electron chi connectivity index (χ2n) is 5.11. The van der Waals surface area contributed by atoms with E-state index >= 15 is 0 Å². The van der Waals surface area contributed by atoms with Crippen LogP contribution < -0.4 is 10.1 Å². The van der Waals surface area contributed by atoms with E-state index in [1.807, 2.05) is 62.6 Å². The number of carbonyl (C=O) groups excluding carboxylic acids is 1. The van der Waals surface area contributed by atoms with E-state index in [4.69, 9.17) is 4.74 Å². The first-order valence-electron chi connectivity index (χ1n) is 7.31. The van der Waals surface area contributed by atoms with Gasteiger partial charge in [-0.3, -0.25) is 4.79 Å². The molecule has 116 valence electrons. The number of para-hydroxylation sites is 1. The smallest absolute Gasteiger partial charge is 0.253 e. The van der Waals surface area contributed by atoms with E-state index in [-0.39, 0.29) is 5.91 Å². The highest BCUT2D eigenvalue weighted by atomic mass is 16.5. The Morgan fingerprint density at radius 2 is 1.82 bits per heavy atom. The van der Waals surface area contributed by atoms with Gasteiger partial charge >= 0.3 is 0 Å². The summed E-state index contributed by atoms with van der Waals surface area (Å²) in [5.74, 6) is 0.856. The van der Waals surface area contributed by atoms with Gasteiger partial charge < -0.3 is 15.0 Å². The van der Waals surface area contributed by atoms with Crippen LogP contribution in [0, 0.1) is 0 Å². The summed E-state index contributed by atoms with van der Waals surface area (Å²) in [6.07, 6.45) is 0. The van der Waals surface area contributed by atoms with Crippen molar-refractivity contribution in [1.29, 1.82) is 0 Å². The van der Waals surface area contributed by atoms with Gasteiger partial charge in [0.1, 0.15) is 5.75 Å². The van der Waals surface area contributed by atoms with Crippen LogP contribution in [0.15, 0.2) is 48.5 Å². The lowest BCUT2D eigenvalue weighted by Crippen LogP contribution is -2.32. The third kappa shape index (κ3) is 3.65. The van der Waals surface area contributed by atoms with Gasteiger partial charge in [-0.1, -0.05) is 30.3 Å². The van der Waals surface area contributed by atoms with Crippen LogP contribution in [0.3, 0.4) is 0 Å². The number of nitrogens with zero attached hydrogens (tertiary/aromatic N) is 1. The third-order valence-electron chi connectivity index (χ3n) is 3.59. The lowest BCUT2D eigenvalue weighted by molar-refractivity contribution is 0.0797. The molecule has 0 bridgehead atoms. The molecule has 0 saturated carbocycles. The molecular weight excluding hydrogens is 276 g/mol. The van der Waals surface area contributed by atoms with Crippen molar-refractivity contribution in [3.8, 4) is 16.9 Å². The van der Waals surface area contributed by atoms with Gasteiger partial charge in [-0.2, -0.15) is 0 Å². The summed E-state index contributed by atoms with van der Waals surface area (Å²) < 4.78 is 5.38. The van der Waals surface area contributed by atoms with Gasteiger partial charge in [-0.25, -0.2) is 0 Å². The molecule has 0 radical (unpaired) electrons. The molecule has 0 unspecified atom stereocenters. The molecule has 0 atom stereocenters. The zero-order valence-corrected chi connectivity index (χ0v) is 13.3. The Kier molecular flexibility index (Phi) is 5.55. The fourth-order valence-corrected chi connectivity index (χ4v) is 2.28. The van der Waals surface area contributed by atoms with E-state index in [0.717, 1.165) is 23.4 Å². The summed E-state index contributed by atoms with van der Waals surface area (Å²) in [5, 5.41) is 3.04. The first-order valence-corrected chi connectivity index (χ1v) is 7.31. The van der Waals surface area contributed by atoms with E-state index in [1.165, 1.54) is 0 Å². The van der Waals surface area contributed by atoms with Gasteiger partial charge in [0.15, 0.2) is 0 Å². The number of amides is 1. The predicted molar refractivity (Wildman–Crippen MR) is 89.3 cm³/mol. The van der Waals surface area contributed by atoms with Gasteiger partial charge in [0.2, 0.25) is 0 Å². The first kappa shape index (κ1) is 16.0. The molecule has 0 aliphatic rings. The Bertz CT molecular complexity index is 623. The fraction of sp³-hybridized carbons (Fsp3) is 0.278. The van der Waals surface area contributed by atoms with Crippen molar-refractivity contribution in [2.45, 2.75) is 0 Å². The molecule has 22 heavy (non-hydrogen) atoms. The molecule has 0 saturated heterocycles. The number of nitrogens with one attached hydrogen (secondary N) is 1. The van der Waals surface area contributed by atoms with Crippen LogP contribution in [0.5, 0.6) is 5.75 Å². The molecule has 1 N–H and O–H groups in total. The highest BCUT2D eigenvalue weighted by molar-refractivity contribution is 5.94. The van der Waals surface area contributed by atoms with Crippen molar-refractivity contribution in [2.75, 3.05) is 34.3 Å². The van der Waals surface area contributed by atoms with Crippen LogP contribution in [-0.4, -0.2) is 45.1 Å². The van der Waals surface area contributed by atoms with Crippen molar-refractivity contribution in [2.24, 2.45) is 0 Å². The molecule has 0 aliphatic carbocycles. The summed E-state index contributed by atoms with van der Waals surface area (Å²) >= 11 is 0. The first-order chi connectivity index (χ1) is 10.7. The second-order valence-corrected chi connectivity index (χ2v) is 5.11. The number of benzene rings is 2. The van der Waals surface area contributed by atoms with E-state index in [2.05, 4.69) is 5.32 Å². The minimum Gasteiger partial charge on any atom is -0.496 e. The lowest BCUT2D eigenvalue weighted by atomic mass is 10.0. The zero-order chi connectivity index (χ0) is 15.9. The Morgan fingerprint density at radius 1 is 1.14 bits per heavy atom. The zero-order valence-electron chi connectivity index (χ0n) is 13.3. The van der Waals surface area contributed by atoms with Crippen molar-refractivity contribution >= 4 is 5.91 Å². The Labute approximate surface area is 131 Å². The van der Waals surface area contributed by atoms with Crippen LogP contribution in [0.4, 0.5) is 0 Å². The molecule has 0 fully saturated rings. The highest BCUT2D eigenvalue weighted by Gasteiger charge is 2.12. The normalized spacial score (nSPS) is 10.3. The minimum absolute atomic E-state index is 0.0295. The van der Waals surface area contributed by atoms with E-state index in [9.17, 15) is 4.79 Å². The monoisotopic (exact) mass is 298 g/mol. The fourth-order valence-electron chi connectivity index (χ4n) is 2.28. The van der Waals surface area contributed by atoms with Gasteiger partial charge in [0, 0.05) is 31.3 Å². The Hall–Kier alpha value is -2.33. The van der Waals surface area contributed by atoms with E-state index in [0.29, 0.717) is 12.1 Å². The van der Waals surface area contributed by atoms with Gasteiger partial charge in [-0.15, -0.1) is 0 Å². The number of ether oxygens (including phenoxy) is 1. The lowest BCUT2D eigenvalue weighted by Gasteiger charge is -2.17. The second kappa shape index (κ2) is 7.61. The molecule has 0 heterocycles. The molecule has 1 amide bonds. The number of carbonyl (C=O) groups is 1. The summed E-state index contributed by atoms with van der Waals surface area (Å²) in [4.78, 5) is 14.0. The summed E-state index contributed by atoms with van der Waals surface area (Å²) in [6, 6.07) is 15.5. The molecule has 0 aromatic heterocycles. The quantitative estimate of drug-likeness (QED) is 0.891. The number of methoxy groups -OCH3 is 1. The Balaban J connectivity index is 2.18. The number of hydrogen-bond donors (Lipinski definition) is 1. The number of hydrogen-bond acceptors (Lipinski definition) is 3. The maximum atomic E-state index is 12.3. The molecule has 4 nitrogen and oxygen atoms in total. The molecule has 2 rings (SSSR count). The summed E-state index contributed by atoms with van der Waals surface area (Å²) in [6.45, 7) is 1.46. The topological polar surface area (TPSA) is 41.6 Å². The average Bonchev–Trinajstić information content (AvgIpc) is 2.59. The average molecular weight is 298 g/mol. The maximum absolute atomic E-state index is 12.3. The van der Waals surface area contributed by atoms with Gasteiger partial charge in [0.25, 0.3) is 5.91 Å². The number of likely N-dealkylation sites (N-methyl/N-ethyl adjacent to an activating group) is 2. The largest absolute Gasteiger partial charge is 0.496 e. The van der Waals surface area contributed by atoms with E-state index in [1.54, 1.807) is 12.0 Å². The summed E-state index contributed by atoms with van der Waals surface area (Å²) in [7, 11) is 5.35. The molecule has 0 aliphatic heterocycles. The molecule has 2 aromatic rings. The van der Waals surface area contributed by atoms with E-state index < -0.39 is 0 Å². The van der Waals surface area contributed by atoms with Crippen LogP contribution in [0.2, 0.25) is 0 Å². The van der Waals surface area contributed by atoms with Crippen LogP contribution in [0.25, 0.3) is 11.1 Å².